The van der Waals surface area contributed by atoms with Crippen LogP contribution in [0.5, 0.6) is 0 Å². The zero-order valence-electron chi connectivity index (χ0n) is 16.3. The van der Waals surface area contributed by atoms with Crippen LogP contribution in [0.4, 0.5) is 5.69 Å². The van der Waals surface area contributed by atoms with E-state index in [2.05, 4.69) is 52.7 Å². The van der Waals surface area contributed by atoms with Gasteiger partial charge in [0.2, 0.25) is 11.8 Å². The Bertz CT molecular complexity index is 1020. The van der Waals surface area contributed by atoms with Crippen LogP contribution in [0.15, 0.2) is 66.7 Å². The van der Waals surface area contributed by atoms with Crippen molar-refractivity contribution in [1.29, 1.82) is 0 Å². The molecule has 0 unspecified atom stereocenters. The van der Waals surface area contributed by atoms with E-state index >= 15 is 0 Å². The van der Waals surface area contributed by atoms with Gasteiger partial charge in [-0.3, -0.25) is 14.5 Å². The van der Waals surface area contributed by atoms with Crippen LogP contribution in [0.2, 0.25) is 0 Å². The maximum atomic E-state index is 12.6. The van der Waals surface area contributed by atoms with E-state index in [9.17, 15) is 9.59 Å². The van der Waals surface area contributed by atoms with Crippen molar-refractivity contribution < 1.29 is 9.59 Å². The Morgan fingerprint density at radius 2 is 1.62 bits per heavy atom. The van der Waals surface area contributed by atoms with Crippen LogP contribution in [0, 0.1) is 5.92 Å². The number of nitrogens with zero attached hydrogens (tertiary/aromatic N) is 1. The molecule has 0 spiro atoms. The summed E-state index contributed by atoms with van der Waals surface area (Å²) >= 11 is 0. The fourth-order valence-corrected chi connectivity index (χ4v) is 3.99. The average Bonchev–Trinajstić information content (AvgIpc) is 2.75. The van der Waals surface area contributed by atoms with Gasteiger partial charge in [-0.15, -0.1) is 0 Å². The van der Waals surface area contributed by atoms with Crippen LogP contribution >= 0.6 is 0 Å². The Kier molecular flexibility index (Phi) is 5.58. The van der Waals surface area contributed by atoms with Crippen LogP contribution in [-0.2, 0) is 11.3 Å². The number of rotatable bonds is 5. The van der Waals surface area contributed by atoms with Crippen molar-refractivity contribution in [3.05, 3.63) is 77.9 Å². The third-order valence-corrected chi connectivity index (χ3v) is 5.67. The molecule has 0 aliphatic carbocycles. The van der Waals surface area contributed by atoms with Crippen molar-refractivity contribution in [2.24, 2.45) is 11.7 Å². The smallest absolute Gasteiger partial charge is 0.248 e. The van der Waals surface area contributed by atoms with Gasteiger partial charge in [0.1, 0.15) is 0 Å². The van der Waals surface area contributed by atoms with Crippen molar-refractivity contribution in [2.45, 2.75) is 19.4 Å². The monoisotopic (exact) mass is 387 g/mol. The summed E-state index contributed by atoms with van der Waals surface area (Å²) in [4.78, 5) is 26.2. The highest BCUT2D eigenvalue weighted by Crippen LogP contribution is 2.24. The first-order valence-corrected chi connectivity index (χ1v) is 10.00. The zero-order chi connectivity index (χ0) is 20.2. The molecule has 29 heavy (non-hydrogen) atoms. The predicted molar refractivity (Wildman–Crippen MR) is 116 cm³/mol. The van der Waals surface area contributed by atoms with Gasteiger partial charge in [0.25, 0.3) is 0 Å². The molecule has 0 atom stereocenters. The summed E-state index contributed by atoms with van der Waals surface area (Å²) in [6.45, 7) is 2.72. The Balaban J connectivity index is 1.33. The highest BCUT2D eigenvalue weighted by atomic mass is 16.2. The number of nitrogens with one attached hydrogen (secondary N) is 1. The van der Waals surface area contributed by atoms with Crippen LogP contribution in [0.25, 0.3) is 10.8 Å². The number of fused-ring (bicyclic) bond motifs is 1. The predicted octanol–water partition coefficient (Wildman–Crippen LogP) is 3.79. The number of carbonyl (C=O) groups is 2. The number of hydrogen-bond donors (Lipinski definition) is 2. The Morgan fingerprint density at radius 3 is 2.34 bits per heavy atom. The van der Waals surface area contributed by atoms with Crippen molar-refractivity contribution in [2.75, 3.05) is 18.4 Å². The molecule has 0 bridgehead atoms. The lowest BCUT2D eigenvalue weighted by molar-refractivity contribution is -0.121. The third kappa shape index (κ3) is 4.46. The van der Waals surface area contributed by atoms with Gasteiger partial charge < -0.3 is 11.1 Å². The number of carbonyl (C=O) groups excluding carboxylic acids is 2. The number of likely N-dealkylation sites (tertiary alicyclic amines) is 1. The van der Waals surface area contributed by atoms with Gasteiger partial charge in [-0.25, -0.2) is 0 Å². The standard InChI is InChI=1S/C24H25N3O2/c25-23(28)18-8-10-21(11-9-18)26-24(29)19-12-14-27(15-13-19)16-20-6-3-5-17-4-1-2-7-22(17)20/h1-11,19H,12-16H2,(H2,25,28)(H,26,29). The summed E-state index contributed by atoms with van der Waals surface area (Å²) < 4.78 is 0. The van der Waals surface area contributed by atoms with Gasteiger partial charge in [-0.05, 0) is 66.5 Å². The number of hydrogen-bond acceptors (Lipinski definition) is 3. The topological polar surface area (TPSA) is 75.4 Å². The normalized spacial score (nSPS) is 15.3. The maximum absolute atomic E-state index is 12.6. The first kappa shape index (κ1) is 19.2. The molecule has 5 heteroatoms. The molecule has 3 N–H and O–H groups in total. The summed E-state index contributed by atoms with van der Waals surface area (Å²) in [7, 11) is 0. The summed E-state index contributed by atoms with van der Waals surface area (Å²) in [6, 6.07) is 21.6. The number of nitrogens with two attached hydrogens (primary N) is 1. The Labute approximate surface area is 170 Å². The largest absolute Gasteiger partial charge is 0.366 e. The number of amides is 2. The minimum atomic E-state index is -0.471. The second-order valence-electron chi connectivity index (χ2n) is 7.62. The minimum Gasteiger partial charge on any atom is -0.366 e. The third-order valence-electron chi connectivity index (χ3n) is 5.67. The van der Waals surface area contributed by atoms with Gasteiger partial charge in [0.05, 0.1) is 0 Å². The maximum Gasteiger partial charge on any atom is 0.248 e. The average molecular weight is 387 g/mol. The van der Waals surface area contributed by atoms with Gasteiger partial charge in [0.15, 0.2) is 0 Å². The molecule has 2 amide bonds. The number of anilines is 1. The first-order valence-electron chi connectivity index (χ1n) is 10.00. The fraction of sp³-hybridized carbons (Fsp3) is 0.250. The number of piperidine rings is 1. The van der Waals surface area contributed by atoms with Gasteiger partial charge in [-0.2, -0.15) is 0 Å². The van der Waals surface area contributed by atoms with Crippen LogP contribution in [0.1, 0.15) is 28.8 Å². The van der Waals surface area contributed by atoms with E-state index in [4.69, 9.17) is 5.73 Å². The number of benzene rings is 3. The second-order valence-corrected chi connectivity index (χ2v) is 7.62. The molecule has 0 aromatic heterocycles. The van der Waals surface area contributed by atoms with Crippen molar-refractivity contribution in [1.82, 2.24) is 4.90 Å². The first-order chi connectivity index (χ1) is 14.1. The minimum absolute atomic E-state index is 0.00887. The number of primary amides is 1. The summed E-state index contributed by atoms with van der Waals surface area (Å²) in [6.07, 6.45) is 1.69. The molecule has 1 fully saturated rings. The Hall–Kier alpha value is -3.18. The second kappa shape index (κ2) is 8.45. The zero-order valence-corrected chi connectivity index (χ0v) is 16.3. The molecule has 1 saturated heterocycles. The summed E-state index contributed by atoms with van der Waals surface area (Å²) in [5.41, 5.74) is 7.71. The molecule has 3 aromatic carbocycles. The lowest BCUT2D eigenvalue weighted by atomic mass is 9.95. The molecular formula is C24H25N3O2. The molecule has 5 nitrogen and oxygen atoms in total. The fourth-order valence-electron chi connectivity index (χ4n) is 3.99. The molecule has 1 aliphatic heterocycles. The van der Waals surface area contributed by atoms with E-state index in [1.165, 1.54) is 16.3 Å². The van der Waals surface area contributed by atoms with Crippen LogP contribution < -0.4 is 11.1 Å². The SMILES string of the molecule is NC(=O)c1ccc(NC(=O)C2CCN(Cc3cccc4ccccc34)CC2)cc1. The molecular weight excluding hydrogens is 362 g/mol. The van der Waals surface area contributed by atoms with Crippen LogP contribution in [0.3, 0.4) is 0 Å². The summed E-state index contributed by atoms with van der Waals surface area (Å²) in [5, 5.41) is 5.52. The van der Waals surface area contributed by atoms with E-state index in [0.29, 0.717) is 11.3 Å². The van der Waals surface area contributed by atoms with Gasteiger partial charge in [-0.1, -0.05) is 42.5 Å². The highest BCUT2D eigenvalue weighted by Gasteiger charge is 2.25. The van der Waals surface area contributed by atoms with Gasteiger partial charge in [0, 0.05) is 23.7 Å². The molecule has 0 saturated carbocycles. The molecule has 4 rings (SSSR count). The lowest BCUT2D eigenvalue weighted by Gasteiger charge is -2.31. The molecule has 148 valence electrons. The van der Waals surface area contributed by atoms with E-state index in [1.54, 1.807) is 24.3 Å². The highest BCUT2D eigenvalue weighted by molar-refractivity contribution is 5.95. The van der Waals surface area contributed by atoms with Crippen molar-refractivity contribution in [3.8, 4) is 0 Å². The lowest BCUT2D eigenvalue weighted by Crippen LogP contribution is -2.37. The molecule has 1 aliphatic rings. The van der Waals surface area contributed by atoms with E-state index in [0.717, 1.165) is 32.5 Å². The van der Waals surface area contributed by atoms with E-state index in [1.807, 2.05) is 0 Å². The Morgan fingerprint density at radius 1 is 0.931 bits per heavy atom. The van der Waals surface area contributed by atoms with Crippen molar-refractivity contribution in [3.63, 3.8) is 0 Å². The van der Waals surface area contributed by atoms with Crippen LogP contribution in [-0.4, -0.2) is 29.8 Å². The summed E-state index contributed by atoms with van der Waals surface area (Å²) in [5.74, 6) is -0.419. The molecule has 0 radical (unpaired) electrons. The van der Waals surface area contributed by atoms with Crippen molar-refractivity contribution >= 4 is 28.3 Å². The molecule has 3 aromatic rings. The molecule has 1 heterocycles. The van der Waals surface area contributed by atoms with E-state index < -0.39 is 5.91 Å². The quantitative estimate of drug-likeness (QED) is 0.699. The van der Waals surface area contributed by atoms with Gasteiger partial charge >= 0.3 is 0 Å². The van der Waals surface area contributed by atoms with E-state index in [-0.39, 0.29) is 11.8 Å².